The number of hydrogen-bond acceptors (Lipinski definition) is 3. The van der Waals surface area contributed by atoms with Crippen LogP contribution in [0.5, 0.6) is 0 Å². The Hall–Kier alpha value is -1.64. The largest absolute Gasteiger partial charge is 0.469 e. The maximum Gasteiger partial charge on any atom is 0.305 e. The molecule has 0 spiro atoms. The van der Waals surface area contributed by atoms with E-state index in [2.05, 4.69) is 21.9 Å². The maximum absolute atomic E-state index is 10.9. The van der Waals surface area contributed by atoms with Crippen LogP contribution >= 0.6 is 0 Å². The van der Waals surface area contributed by atoms with Crippen LogP contribution < -0.4 is 0 Å². The molecule has 0 amide bonds. The number of rotatable bonds is 10. The van der Waals surface area contributed by atoms with Crippen LogP contribution in [0, 0.1) is 0 Å². The van der Waals surface area contributed by atoms with Gasteiger partial charge in [-0.2, -0.15) is 0 Å². The molecule has 0 unspecified atom stereocenters. The Bertz CT molecular complexity index is 387. The summed E-state index contributed by atoms with van der Waals surface area (Å²) in [5.41, 5.74) is 1.21. The summed E-state index contributed by atoms with van der Waals surface area (Å²) in [7, 11) is 1.45. The van der Waals surface area contributed by atoms with Crippen LogP contribution in [0.2, 0.25) is 0 Å². The van der Waals surface area contributed by atoms with Gasteiger partial charge in [0.25, 0.3) is 0 Å². The summed E-state index contributed by atoms with van der Waals surface area (Å²) in [5.74, 6) is -0.0914. The molecule has 3 heteroatoms. The molecule has 110 valence electrons. The monoisotopic (exact) mass is 275 g/mol. The van der Waals surface area contributed by atoms with Crippen molar-refractivity contribution in [2.24, 2.45) is 0 Å². The minimum atomic E-state index is -0.0914. The topological polar surface area (TPSA) is 39.2 Å². The van der Waals surface area contributed by atoms with E-state index in [1.807, 2.05) is 24.5 Å². The number of nitrogens with zero attached hydrogens (tertiary/aromatic N) is 1. The lowest BCUT2D eigenvalue weighted by Crippen LogP contribution is -1.99. The van der Waals surface area contributed by atoms with E-state index in [1.165, 1.54) is 38.4 Å². The molecule has 1 heterocycles. The van der Waals surface area contributed by atoms with E-state index in [1.54, 1.807) is 0 Å². The standard InChI is InChI=1S/C17H25NO2/c1-20-17(19)11-9-7-5-3-2-4-6-8-10-16-12-14-18-15-13-16/h8,10,12-15H,2-7,9,11H2,1H3. The van der Waals surface area contributed by atoms with Crippen LogP contribution in [0.15, 0.2) is 30.6 Å². The molecule has 0 radical (unpaired) electrons. The fraction of sp³-hybridized carbons (Fsp3) is 0.529. The van der Waals surface area contributed by atoms with Crippen molar-refractivity contribution in [1.29, 1.82) is 0 Å². The second kappa shape index (κ2) is 11.2. The number of allylic oxidation sites excluding steroid dienone is 1. The van der Waals surface area contributed by atoms with Gasteiger partial charge in [-0.15, -0.1) is 0 Å². The molecule has 1 aromatic heterocycles. The second-order valence-corrected chi connectivity index (χ2v) is 4.92. The molecule has 0 atom stereocenters. The molecule has 0 fully saturated rings. The summed E-state index contributed by atoms with van der Waals surface area (Å²) in [5, 5.41) is 0. The number of methoxy groups -OCH3 is 1. The van der Waals surface area contributed by atoms with Crippen molar-refractivity contribution in [2.45, 2.75) is 51.4 Å². The van der Waals surface area contributed by atoms with E-state index in [0.29, 0.717) is 6.42 Å². The predicted octanol–water partition coefficient (Wildman–Crippen LogP) is 4.39. The number of carbonyl (C=O) groups excluding carboxylic acids is 1. The van der Waals surface area contributed by atoms with Crippen molar-refractivity contribution >= 4 is 12.0 Å². The molecule has 0 aliphatic carbocycles. The van der Waals surface area contributed by atoms with Crippen molar-refractivity contribution in [3.8, 4) is 0 Å². The molecular weight excluding hydrogens is 250 g/mol. The second-order valence-electron chi connectivity index (χ2n) is 4.92. The minimum Gasteiger partial charge on any atom is -0.469 e. The molecule has 0 N–H and O–H groups in total. The van der Waals surface area contributed by atoms with E-state index in [-0.39, 0.29) is 5.97 Å². The maximum atomic E-state index is 10.9. The molecular formula is C17H25NO2. The number of hydrogen-bond donors (Lipinski definition) is 0. The summed E-state index contributed by atoms with van der Waals surface area (Å²) in [6, 6.07) is 4.02. The Morgan fingerprint density at radius 3 is 2.45 bits per heavy atom. The van der Waals surface area contributed by atoms with Crippen molar-refractivity contribution < 1.29 is 9.53 Å². The van der Waals surface area contributed by atoms with Crippen LogP contribution in [0.3, 0.4) is 0 Å². The molecule has 0 aromatic carbocycles. The molecule has 3 nitrogen and oxygen atoms in total. The van der Waals surface area contributed by atoms with Crippen LogP contribution in [0.4, 0.5) is 0 Å². The van der Waals surface area contributed by atoms with E-state index < -0.39 is 0 Å². The average Bonchev–Trinajstić information content (AvgIpc) is 2.50. The first-order valence-corrected chi connectivity index (χ1v) is 7.46. The molecule has 0 aliphatic rings. The quantitative estimate of drug-likeness (QED) is 0.469. The number of aromatic nitrogens is 1. The Labute approximate surface area is 122 Å². The molecule has 0 saturated heterocycles. The van der Waals surface area contributed by atoms with Crippen molar-refractivity contribution in [2.75, 3.05) is 7.11 Å². The smallest absolute Gasteiger partial charge is 0.305 e. The number of esters is 1. The summed E-state index contributed by atoms with van der Waals surface area (Å²) < 4.78 is 4.61. The normalized spacial score (nSPS) is 10.8. The third-order valence-electron chi connectivity index (χ3n) is 3.25. The van der Waals surface area contributed by atoms with Crippen LogP contribution in [-0.2, 0) is 9.53 Å². The first kappa shape index (κ1) is 16.4. The van der Waals surface area contributed by atoms with Crippen molar-refractivity contribution in [3.05, 3.63) is 36.2 Å². The zero-order chi connectivity index (χ0) is 14.5. The Morgan fingerprint density at radius 2 is 1.75 bits per heavy atom. The fourth-order valence-electron chi connectivity index (χ4n) is 2.03. The lowest BCUT2D eigenvalue weighted by molar-refractivity contribution is -0.140. The van der Waals surface area contributed by atoms with E-state index >= 15 is 0 Å². The first-order valence-electron chi connectivity index (χ1n) is 7.46. The van der Waals surface area contributed by atoms with Crippen LogP contribution in [0.25, 0.3) is 6.08 Å². The number of pyridine rings is 1. The van der Waals surface area contributed by atoms with Crippen LogP contribution in [-0.4, -0.2) is 18.1 Å². The van der Waals surface area contributed by atoms with Gasteiger partial charge in [-0.3, -0.25) is 9.78 Å². The van der Waals surface area contributed by atoms with E-state index in [4.69, 9.17) is 0 Å². The van der Waals surface area contributed by atoms with Gasteiger partial charge in [0.05, 0.1) is 7.11 Å². The minimum absolute atomic E-state index is 0.0914. The zero-order valence-electron chi connectivity index (χ0n) is 12.4. The van der Waals surface area contributed by atoms with Gasteiger partial charge in [-0.25, -0.2) is 0 Å². The highest BCUT2D eigenvalue weighted by Gasteiger charge is 1.98. The predicted molar refractivity (Wildman–Crippen MR) is 82.2 cm³/mol. The molecule has 1 rings (SSSR count). The fourth-order valence-corrected chi connectivity index (χ4v) is 2.03. The summed E-state index contributed by atoms with van der Waals surface area (Å²) in [6.45, 7) is 0. The highest BCUT2D eigenvalue weighted by atomic mass is 16.5. The van der Waals surface area contributed by atoms with Gasteiger partial charge in [0.2, 0.25) is 0 Å². The lowest BCUT2D eigenvalue weighted by atomic mass is 10.1. The first-order chi connectivity index (χ1) is 9.83. The highest BCUT2D eigenvalue weighted by Crippen LogP contribution is 2.10. The number of carbonyl (C=O) groups is 1. The molecule has 0 bridgehead atoms. The Balaban J connectivity index is 1.90. The zero-order valence-corrected chi connectivity index (χ0v) is 12.4. The van der Waals surface area contributed by atoms with Gasteiger partial charge in [0.15, 0.2) is 0 Å². The van der Waals surface area contributed by atoms with Gasteiger partial charge >= 0.3 is 5.97 Å². The molecule has 0 aliphatic heterocycles. The summed E-state index contributed by atoms with van der Waals surface area (Å²) >= 11 is 0. The van der Waals surface area contributed by atoms with Gasteiger partial charge < -0.3 is 4.74 Å². The van der Waals surface area contributed by atoms with Gasteiger partial charge in [-0.05, 0) is 37.0 Å². The third-order valence-corrected chi connectivity index (χ3v) is 3.25. The van der Waals surface area contributed by atoms with Crippen molar-refractivity contribution in [3.63, 3.8) is 0 Å². The number of unbranched alkanes of at least 4 members (excludes halogenated alkanes) is 6. The van der Waals surface area contributed by atoms with E-state index in [0.717, 1.165) is 19.3 Å². The van der Waals surface area contributed by atoms with Crippen molar-refractivity contribution in [1.82, 2.24) is 4.98 Å². The Morgan fingerprint density at radius 1 is 1.10 bits per heavy atom. The Kier molecular flexibility index (Phi) is 9.20. The summed E-state index contributed by atoms with van der Waals surface area (Å²) in [4.78, 5) is 14.9. The van der Waals surface area contributed by atoms with Gasteiger partial charge in [0.1, 0.15) is 0 Å². The molecule has 1 aromatic rings. The number of ether oxygens (including phenoxy) is 1. The highest BCUT2D eigenvalue weighted by molar-refractivity contribution is 5.68. The van der Waals surface area contributed by atoms with Gasteiger partial charge in [0, 0.05) is 18.8 Å². The van der Waals surface area contributed by atoms with Gasteiger partial charge in [-0.1, -0.05) is 37.8 Å². The van der Waals surface area contributed by atoms with E-state index in [9.17, 15) is 4.79 Å². The summed E-state index contributed by atoms with van der Waals surface area (Å²) in [6.07, 6.45) is 16.7. The molecule has 20 heavy (non-hydrogen) atoms. The SMILES string of the molecule is COC(=O)CCCCCCCCC=Cc1ccncc1. The van der Waals surface area contributed by atoms with Crippen LogP contribution in [0.1, 0.15) is 56.9 Å². The lowest BCUT2D eigenvalue weighted by Gasteiger charge is -2.00. The third kappa shape index (κ3) is 8.46. The average molecular weight is 275 g/mol. The molecule has 0 saturated carbocycles.